The second kappa shape index (κ2) is 6.82. The molecule has 1 aliphatic heterocycles. The van der Waals surface area contributed by atoms with E-state index in [4.69, 9.17) is 11.6 Å². The van der Waals surface area contributed by atoms with Crippen LogP contribution in [0.1, 0.15) is 58.6 Å². The van der Waals surface area contributed by atoms with Crippen molar-refractivity contribution in [2.75, 3.05) is 11.4 Å². The molecule has 0 bridgehead atoms. The molecule has 3 unspecified atom stereocenters. The molecule has 0 spiro atoms. The Hall–Kier alpha value is -0.730. The lowest BCUT2D eigenvalue weighted by Gasteiger charge is -2.31. The molecule has 0 saturated carbocycles. The van der Waals surface area contributed by atoms with E-state index in [-0.39, 0.29) is 0 Å². The van der Waals surface area contributed by atoms with Gasteiger partial charge >= 0.3 is 0 Å². The Morgan fingerprint density at radius 1 is 1.35 bits per heavy atom. The standard InChI is InChI=1S/C17H27ClN2/c1-5-14-8-7-12(3)20(14)15-9-10-16(17(18)11-15)13(4)19-6-2/h9-14,19H,5-8H2,1-4H3. The average Bonchev–Trinajstić information content (AvgIpc) is 2.79. The molecule has 1 saturated heterocycles. The largest absolute Gasteiger partial charge is 0.366 e. The van der Waals surface area contributed by atoms with Crippen LogP contribution in [0.15, 0.2) is 18.2 Å². The molecule has 112 valence electrons. The molecule has 1 N–H and O–H groups in total. The van der Waals surface area contributed by atoms with Crippen molar-refractivity contribution in [3.8, 4) is 0 Å². The Balaban J connectivity index is 2.24. The Morgan fingerprint density at radius 3 is 2.70 bits per heavy atom. The number of anilines is 1. The Kier molecular flexibility index (Phi) is 5.34. The summed E-state index contributed by atoms with van der Waals surface area (Å²) >= 11 is 6.51. The molecule has 0 radical (unpaired) electrons. The smallest absolute Gasteiger partial charge is 0.0474 e. The highest BCUT2D eigenvalue weighted by Crippen LogP contribution is 2.35. The van der Waals surface area contributed by atoms with Gasteiger partial charge in [0.05, 0.1) is 0 Å². The van der Waals surface area contributed by atoms with Gasteiger partial charge in [-0.2, -0.15) is 0 Å². The van der Waals surface area contributed by atoms with E-state index in [1.165, 1.54) is 30.5 Å². The molecule has 2 nitrogen and oxygen atoms in total. The lowest BCUT2D eigenvalue weighted by Crippen LogP contribution is -2.34. The molecule has 0 aromatic heterocycles. The van der Waals surface area contributed by atoms with Crippen LogP contribution in [0.2, 0.25) is 5.02 Å². The summed E-state index contributed by atoms with van der Waals surface area (Å²) in [6.07, 6.45) is 3.79. The van der Waals surface area contributed by atoms with Crippen LogP contribution in [0.4, 0.5) is 5.69 Å². The van der Waals surface area contributed by atoms with Crippen LogP contribution in [0.25, 0.3) is 0 Å². The van der Waals surface area contributed by atoms with Crippen molar-refractivity contribution in [3.63, 3.8) is 0 Å². The third-order valence-electron chi connectivity index (χ3n) is 4.52. The number of rotatable bonds is 5. The number of benzene rings is 1. The fourth-order valence-corrected chi connectivity index (χ4v) is 3.72. The van der Waals surface area contributed by atoms with Gasteiger partial charge in [0, 0.05) is 28.8 Å². The molecule has 20 heavy (non-hydrogen) atoms. The molecule has 1 fully saturated rings. The third-order valence-corrected chi connectivity index (χ3v) is 4.84. The highest BCUT2D eigenvalue weighted by molar-refractivity contribution is 6.31. The first-order valence-corrected chi connectivity index (χ1v) is 8.27. The summed E-state index contributed by atoms with van der Waals surface area (Å²) in [6.45, 7) is 9.84. The number of hydrogen-bond acceptors (Lipinski definition) is 2. The van der Waals surface area contributed by atoms with Crippen molar-refractivity contribution in [1.82, 2.24) is 5.32 Å². The summed E-state index contributed by atoms with van der Waals surface area (Å²) in [7, 11) is 0. The minimum Gasteiger partial charge on any atom is -0.366 e. The summed E-state index contributed by atoms with van der Waals surface area (Å²) in [4.78, 5) is 2.55. The van der Waals surface area contributed by atoms with E-state index < -0.39 is 0 Å². The minimum atomic E-state index is 0.305. The van der Waals surface area contributed by atoms with Crippen LogP contribution in [-0.4, -0.2) is 18.6 Å². The predicted octanol–water partition coefficient (Wildman–Crippen LogP) is 4.78. The molecule has 3 heteroatoms. The van der Waals surface area contributed by atoms with Crippen molar-refractivity contribution in [2.24, 2.45) is 0 Å². The molecule has 1 aromatic carbocycles. The van der Waals surface area contributed by atoms with E-state index in [0.29, 0.717) is 18.1 Å². The zero-order valence-corrected chi connectivity index (χ0v) is 13.9. The highest BCUT2D eigenvalue weighted by atomic mass is 35.5. The van der Waals surface area contributed by atoms with E-state index in [0.717, 1.165) is 11.6 Å². The summed E-state index contributed by atoms with van der Waals surface area (Å²) in [6, 6.07) is 8.16. The normalized spacial score (nSPS) is 24.1. The van der Waals surface area contributed by atoms with Gasteiger partial charge < -0.3 is 10.2 Å². The van der Waals surface area contributed by atoms with Gasteiger partial charge in [-0.3, -0.25) is 0 Å². The zero-order valence-electron chi connectivity index (χ0n) is 13.1. The number of hydrogen-bond donors (Lipinski definition) is 1. The van der Waals surface area contributed by atoms with E-state index in [2.05, 4.69) is 56.1 Å². The maximum Gasteiger partial charge on any atom is 0.0474 e. The van der Waals surface area contributed by atoms with Gasteiger partial charge in [-0.25, -0.2) is 0 Å². The van der Waals surface area contributed by atoms with E-state index >= 15 is 0 Å². The van der Waals surface area contributed by atoms with E-state index in [9.17, 15) is 0 Å². The fraction of sp³-hybridized carbons (Fsp3) is 0.647. The third kappa shape index (κ3) is 3.12. The maximum atomic E-state index is 6.51. The molecule has 0 aliphatic carbocycles. The fourth-order valence-electron chi connectivity index (χ4n) is 3.38. The van der Waals surface area contributed by atoms with Gasteiger partial charge in [-0.1, -0.05) is 31.5 Å². The molecule has 3 atom stereocenters. The van der Waals surface area contributed by atoms with Crippen LogP contribution in [0, 0.1) is 0 Å². The average molecular weight is 295 g/mol. The van der Waals surface area contributed by atoms with Gasteiger partial charge in [0.2, 0.25) is 0 Å². The van der Waals surface area contributed by atoms with Crippen molar-refractivity contribution in [3.05, 3.63) is 28.8 Å². The van der Waals surface area contributed by atoms with Crippen molar-refractivity contribution in [1.29, 1.82) is 0 Å². The Morgan fingerprint density at radius 2 is 2.10 bits per heavy atom. The SMILES string of the molecule is CCNC(C)c1ccc(N2C(C)CCC2CC)cc1Cl. The molecule has 1 heterocycles. The number of nitrogens with zero attached hydrogens (tertiary/aromatic N) is 1. The van der Waals surface area contributed by atoms with Crippen LogP contribution >= 0.6 is 11.6 Å². The second-order valence-electron chi connectivity index (χ2n) is 5.88. The summed E-state index contributed by atoms with van der Waals surface area (Å²) < 4.78 is 0. The zero-order chi connectivity index (χ0) is 14.7. The minimum absolute atomic E-state index is 0.305. The second-order valence-corrected chi connectivity index (χ2v) is 6.29. The van der Waals surface area contributed by atoms with E-state index in [1.54, 1.807) is 0 Å². The van der Waals surface area contributed by atoms with Crippen LogP contribution in [0.3, 0.4) is 0 Å². The van der Waals surface area contributed by atoms with Crippen LogP contribution in [-0.2, 0) is 0 Å². The number of halogens is 1. The predicted molar refractivity (Wildman–Crippen MR) is 88.8 cm³/mol. The Labute approximate surface area is 128 Å². The summed E-state index contributed by atoms with van der Waals surface area (Å²) in [5.41, 5.74) is 2.47. The molecular weight excluding hydrogens is 268 g/mol. The van der Waals surface area contributed by atoms with Gasteiger partial charge in [-0.05, 0) is 57.4 Å². The highest BCUT2D eigenvalue weighted by Gasteiger charge is 2.29. The first-order valence-electron chi connectivity index (χ1n) is 7.89. The monoisotopic (exact) mass is 294 g/mol. The van der Waals surface area contributed by atoms with Gasteiger partial charge in [-0.15, -0.1) is 0 Å². The lowest BCUT2D eigenvalue weighted by atomic mass is 10.1. The first kappa shape index (κ1) is 15.7. The summed E-state index contributed by atoms with van der Waals surface area (Å²) in [5, 5.41) is 4.30. The van der Waals surface area contributed by atoms with Gasteiger partial charge in [0.25, 0.3) is 0 Å². The topological polar surface area (TPSA) is 15.3 Å². The first-order chi connectivity index (χ1) is 9.58. The molecule has 1 aromatic rings. The van der Waals surface area contributed by atoms with Gasteiger partial charge in [0.15, 0.2) is 0 Å². The summed E-state index contributed by atoms with van der Waals surface area (Å²) in [5.74, 6) is 0. The molecule has 0 amide bonds. The number of nitrogens with one attached hydrogen (secondary N) is 1. The van der Waals surface area contributed by atoms with E-state index in [1.807, 2.05) is 0 Å². The lowest BCUT2D eigenvalue weighted by molar-refractivity contribution is 0.597. The van der Waals surface area contributed by atoms with Crippen molar-refractivity contribution in [2.45, 2.75) is 65.1 Å². The Bertz CT molecular complexity index is 447. The van der Waals surface area contributed by atoms with Crippen LogP contribution < -0.4 is 10.2 Å². The maximum absolute atomic E-state index is 6.51. The van der Waals surface area contributed by atoms with Gasteiger partial charge in [0.1, 0.15) is 0 Å². The molecular formula is C17H27ClN2. The van der Waals surface area contributed by atoms with Crippen molar-refractivity contribution >= 4 is 17.3 Å². The van der Waals surface area contributed by atoms with Crippen molar-refractivity contribution < 1.29 is 0 Å². The quantitative estimate of drug-likeness (QED) is 0.841. The molecule has 1 aliphatic rings. The van der Waals surface area contributed by atoms with Crippen LogP contribution in [0.5, 0.6) is 0 Å². The molecule has 2 rings (SSSR count).